The summed E-state index contributed by atoms with van der Waals surface area (Å²) in [5, 5.41) is 12.6. The van der Waals surface area contributed by atoms with E-state index in [1.54, 1.807) is 12.1 Å². The SMILES string of the molecule is Nc1ccc([C@@H]2CCN2)cc1O. The van der Waals surface area contributed by atoms with Gasteiger partial charge < -0.3 is 16.2 Å². The number of rotatable bonds is 1. The first-order chi connectivity index (χ1) is 5.77. The van der Waals surface area contributed by atoms with Crippen molar-refractivity contribution in [1.29, 1.82) is 0 Å². The van der Waals surface area contributed by atoms with Gasteiger partial charge in [0, 0.05) is 6.04 Å². The summed E-state index contributed by atoms with van der Waals surface area (Å²) >= 11 is 0. The average Bonchev–Trinajstić information content (AvgIpc) is 1.93. The minimum Gasteiger partial charge on any atom is -0.506 e. The Balaban J connectivity index is 2.27. The molecule has 0 spiro atoms. The van der Waals surface area contributed by atoms with E-state index in [1.165, 1.54) is 0 Å². The van der Waals surface area contributed by atoms with Gasteiger partial charge in [0.05, 0.1) is 5.69 Å². The van der Waals surface area contributed by atoms with Gasteiger partial charge in [0.25, 0.3) is 0 Å². The minimum absolute atomic E-state index is 0.182. The lowest BCUT2D eigenvalue weighted by Gasteiger charge is -2.28. The van der Waals surface area contributed by atoms with Crippen molar-refractivity contribution in [3.8, 4) is 5.75 Å². The molecule has 0 unspecified atom stereocenters. The van der Waals surface area contributed by atoms with Crippen LogP contribution in [0.1, 0.15) is 18.0 Å². The fourth-order valence-corrected chi connectivity index (χ4v) is 1.35. The Morgan fingerprint density at radius 1 is 1.50 bits per heavy atom. The van der Waals surface area contributed by atoms with Crippen LogP contribution in [0, 0.1) is 0 Å². The number of nitrogens with two attached hydrogens (primary N) is 1. The van der Waals surface area contributed by atoms with Gasteiger partial charge in [-0.05, 0) is 30.7 Å². The molecule has 1 aromatic rings. The molecule has 0 saturated carbocycles. The van der Waals surface area contributed by atoms with Gasteiger partial charge in [-0.2, -0.15) is 0 Å². The summed E-state index contributed by atoms with van der Waals surface area (Å²) < 4.78 is 0. The van der Waals surface area contributed by atoms with Crippen molar-refractivity contribution in [3.63, 3.8) is 0 Å². The van der Waals surface area contributed by atoms with Gasteiger partial charge in [-0.3, -0.25) is 0 Å². The second kappa shape index (κ2) is 2.68. The summed E-state index contributed by atoms with van der Waals surface area (Å²) in [6.07, 6.45) is 1.14. The van der Waals surface area contributed by atoms with Crippen LogP contribution in [-0.2, 0) is 0 Å². The molecule has 1 atom stereocenters. The maximum absolute atomic E-state index is 9.32. The van der Waals surface area contributed by atoms with Crippen LogP contribution < -0.4 is 11.1 Å². The quantitative estimate of drug-likeness (QED) is 0.429. The van der Waals surface area contributed by atoms with Crippen LogP contribution in [0.3, 0.4) is 0 Å². The summed E-state index contributed by atoms with van der Waals surface area (Å²) in [6.45, 7) is 1.07. The third-order valence-corrected chi connectivity index (χ3v) is 2.28. The summed E-state index contributed by atoms with van der Waals surface area (Å²) in [4.78, 5) is 0. The molecule has 0 bridgehead atoms. The third kappa shape index (κ3) is 1.12. The molecule has 1 saturated heterocycles. The number of phenolic OH excluding ortho intramolecular Hbond substituents is 1. The zero-order chi connectivity index (χ0) is 8.55. The molecule has 1 aliphatic heterocycles. The molecule has 0 aromatic heterocycles. The van der Waals surface area contributed by atoms with Gasteiger partial charge in [0.2, 0.25) is 0 Å². The first kappa shape index (κ1) is 7.43. The molecular weight excluding hydrogens is 152 g/mol. The van der Waals surface area contributed by atoms with Gasteiger partial charge in [-0.1, -0.05) is 6.07 Å². The van der Waals surface area contributed by atoms with Crippen molar-refractivity contribution in [2.75, 3.05) is 12.3 Å². The predicted octanol–water partition coefficient (Wildman–Crippen LogP) is 1.01. The Kier molecular flexibility index (Phi) is 1.66. The Bertz CT molecular complexity index is 295. The largest absolute Gasteiger partial charge is 0.506 e. The Hall–Kier alpha value is -1.22. The van der Waals surface area contributed by atoms with Crippen molar-refractivity contribution in [2.45, 2.75) is 12.5 Å². The average molecular weight is 164 g/mol. The summed E-state index contributed by atoms with van der Waals surface area (Å²) in [7, 11) is 0. The van der Waals surface area contributed by atoms with E-state index in [0.717, 1.165) is 18.5 Å². The number of anilines is 1. The topological polar surface area (TPSA) is 58.3 Å². The van der Waals surface area contributed by atoms with Gasteiger partial charge in [0.1, 0.15) is 5.75 Å². The molecule has 1 fully saturated rings. The first-order valence-electron chi connectivity index (χ1n) is 4.09. The van der Waals surface area contributed by atoms with E-state index in [-0.39, 0.29) is 5.75 Å². The summed E-state index contributed by atoms with van der Waals surface area (Å²) in [5.74, 6) is 0.182. The lowest BCUT2D eigenvalue weighted by molar-refractivity contribution is 0.381. The van der Waals surface area contributed by atoms with E-state index < -0.39 is 0 Å². The highest BCUT2D eigenvalue weighted by Crippen LogP contribution is 2.28. The van der Waals surface area contributed by atoms with Gasteiger partial charge >= 0.3 is 0 Å². The van der Waals surface area contributed by atoms with Gasteiger partial charge in [0.15, 0.2) is 0 Å². The highest BCUT2D eigenvalue weighted by Gasteiger charge is 2.18. The van der Waals surface area contributed by atoms with Crippen LogP contribution in [-0.4, -0.2) is 11.7 Å². The number of benzene rings is 1. The van der Waals surface area contributed by atoms with Crippen LogP contribution in [0.4, 0.5) is 5.69 Å². The second-order valence-electron chi connectivity index (χ2n) is 3.11. The van der Waals surface area contributed by atoms with Crippen LogP contribution in [0.25, 0.3) is 0 Å². The highest BCUT2D eigenvalue weighted by molar-refractivity contribution is 5.53. The Morgan fingerprint density at radius 3 is 2.75 bits per heavy atom. The molecular formula is C9H12N2O. The third-order valence-electron chi connectivity index (χ3n) is 2.28. The fraction of sp³-hybridized carbons (Fsp3) is 0.333. The molecule has 4 N–H and O–H groups in total. The van der Waals surface area contributed by atoms with Crippen LogP contribution in [0.2, 0.25) is 0 Å². The highest BCUT2D eigenvalue weighted by atomic mass is 16.3. The molecule has 1 aliphatic rings. The van der Waals surface area contributed by atoms with Crippen molar-refractivity contribution in [2.24, 2.45) is 0 Å². The number of nitrogen functional groups attached to an aromatic ring is 1. The molecule has 2 rings (SSSR count). The van der Waals surface area contributed by atoms with Gasteiger partial charge in [-0.15, -0.1) is 0 Å². The molecule has 64 valence electrons. The minimum atomic E-state index is 0.182. The number of phenols is 1. The zero-order valence-electron chi connectivity index (χ0n) is 6.75. The van der Waals surface area contributed by atoms with Gasteiger partial charge in [-0.25, -0.2) is 0 Å². The van der Waals surface area contributed by atoms with E-state index >= 15 is 0 Å². The standard InChI is InChI=1S/C9H12N2O/c10-7-2-1-6(5-9(7)12)8-3-4-11-8/h1-2,5,8,11-12H,3-4,10H2/t8-/m0/s1. The molecule has 0 radical (unpaired) electrons. The lowest BCUT2D eigenvalue weighted by atomic mass is 9.97. The van der Waals surface area contributed by atoms with Crippen LogP contribution in [0.5, 0.6) is 5.75 Å². The Morgan fingerprint density at radius 2 is 2.25 bits per heavy atom. The second-order valence-corrected chi connectivity index (χ2v) is 3.11. The fourth-order valence-electron chi connectivity index (χ4n) is 1.35. The normalized spacial score (nSPS) is 21.8. The number of hydrogen-bond donors (Lipinski definition) is 3. The maximum Gasteiger partial charge on any atom is 0.138 e. The molecule has 0 aliphatic carbocycles. The van der Waals surface area contributed by atoms with E-state index in [9.17, 15) is 5.11 Å². The van der Waals surface area contributed by atoms with Crippen LogP contribution >= 0.6 is 0 Å². The molecule has 12 heavy (non-hydrogen) atoms. The van der Waals surface area contributed by atoms with Crippen molar-refractivity contribution >= 4 is 5.69 Å². The first-order valence-corrected chi connectivity index (χ1v) is 4.09. The van der Waals surface area contributed by atoms with Crippen LogP contribution in [0.15, 0.2) is 18.2 Å². The lowest BCUT2D eigenvalue weighted by Crippen LogP contribution is -2.34. The zero-order valence-corrected chi connectivity index (χ0v) is 6.75. The van der Waals surface area contributed by atoms with Crippen molar-refractivity contribution in [3.05, 3.63) is 23.8 Å². The monoisotopic (exact) mass is 164 g/mol. The molecule has 1 heterocycles. The molecule has 0 amide bonds. The van der Waals surface area contributed by atoms with Crippen molar-refractivity contribution in [1.82, 2.24) is 5.32 Å². The predicted molar refractivity (Wildman–Crippen MR) is 47.9 cm³/mol. The van der Waals surface area contributed by atoms with E-state index in [1.807, 2.05) is 6.07 Å². The number of nitrogens with one attached hydrogen (secondary N) is 1. The number of aromatic hydroxyl groups is 1. The molecule has 1 aromatic carbocycles. The van der Waals surface area contributed by atoms with E-state index in [4.69, 9.17) is 5.73 Å². The maximum atomic E-state index is 9.32. The van der Waals surface area contributed by atoms with E-state index in [2.05, 4.69) is 5.32 Å². The molecule has 3 nitrogen and oxygen atoms in total. The Labute approximate surface area is 71.2 Å². The summed E-state index contributed by atoms with van der Waals surface area (Å²) in [5.41, 5.74) is 7.04. The smallest absolute Gasteiger partial charge is 0.138 e. The summed E-state index contributed by atoms with van der Waals surface area (Å²) in [6, 6.07) is 5.83. The van der Waals surface area contributed by atoms with E-state index in [0.29, 0.717) is 11.7 Å². The molecule has 3 heteroatoms. The van der Waals surface area contributed by atoms with Crippen molar-refractivity contribution < 1.29 is 5.11 Å². The number of hydrogen-bond acceptors (Lipinski definition) is 3.